The molecule has 1 N–H and O–H groups in total. The summed E-state index contributed by atoms with van der Waals surface area (Å²) in [5.74, 6) is 0.954. The van der Waals surface area contributed by atoms with E-state index >= 15 is 0 Å². The standard InChI is InChI=1S/C11H14BrNOS/c1-15-7-6-13-11(14)10-4-2-9(8-12)3-5-10/h2-5H,6-8H2,1H3,(H,13,14). The van der Waals surface area contributed by atoms with Crippen molar-refractivity contribution in [2.75, 3.05) is 18.6 Å². The van der Waals surface area contributed by atoms with Crippen LogP contribution in [0.2, 0.25) is 0 Å². The average molecular weight is 288 g/mol. The molecular formula is C11H14BrNOS. The van der Waals surface area contributed by atoms with Gasteiger partial charge in [0.05, 0.1) is 0 Å². The van der Waals surface area contributed by atoms with Crippen LogP contribution < -0.4 is 5.32 Å². The van der Waals surface area contributed by atoms with Crippen LogP contribution in [-0.2, 0) is 5.33 Å². The Labute approximate surface area is 103 Å². The van der Waals surface area contributed by atoms with E-state index in [9.17, 15) is 4.79 Å². The second-order valence-corrected chi connectivity index (χ2v) is 4.63. The molecule has 0 bridgehead atoms. The van der Waals surface area contributed by atoms with Crippen molar-refractivity contribution in [3.8, 4) is 0 Å². The molecule has 0 fully saturated rings. The van der Waals surface area contributed by atoms with Gasteiger partial charge in [-0.2, -0.15) is 11.8 Å². The number of carbonyl (C=O) groups is 1. The van der Waals surface area contributed by atoms with Crippen LogP contribution in [0.5, 0.6) is 0 Å². The Hall–Kier alpha value is -0.480. The van der Waals surface area contributed by atoms with Crippen LogP contribution in [0.25, 0.3) is 0 Å². The number of amides is 1. The summed E-state index contributed by atoms with van der Waals surface area (Å²) in [4.78, 5) is 11.6. The van der Waals surface area contributed by atoms with Gasteiger partial charge in [-0.25, -0.2) is 0 Å². The first kappa shape index (κ1) is 12.6. The van der Waals surface area contributed by atoms with Crippen LogP contribution in [0, 0.1) is 0 Å². The quantitative estimate of drug-likeness (QED) is 0.666. The molecule has 0 heterocycles. The first-order valence-corrected chi connectivity index (χ1v) is 7.21. The molecule has 4 heteroatoms. The van der Waals surface area contributed by atoms with Crippen molar-refractivity contribution >= 4 is 33.6 Å². The topological polar surface area (TPSA) is 29.1 Å². The van der Waals surface area contributed by atoms with Gasteiger partial charge in [-0.1, -0.05) is 28.1 Å². The Morgan fingerprint density at radius 3 is 2.60 bits per heavy atom. The summed E-state index contributed by atoms with van der Waals surface area (Å²) in [7, 11) is 0. The molecule has 0 aliphatic carbocycles. The summed E-state index contributed by atoms with van der Waals surface area (Å²) in [5.41, 5.74) is 1.90. The number of benzene rings is 1. The monoisotopic (exact) mass is 287 g/mol. The van der Waals surface area contributed by atoms with E-state index in [4.69, 9.17) is 0 Å². The lowest BCUT2D eigenvalue weighted by molar-refractivity contribution is 0.0956. The Morgan fingerprint density at radius 2 is 2.07 bits per heavy atom. The summed E-state index contributed by atoms with van der Waals surface area (Å²) < 4.78 is 0. The maximum atomic E-state index is 11.6. The Bertz CT molecular complexity index is 313. The first-order valence-electron chi connectivity index (χ1n) is 4.70. The normalized spacial score (nSPS) is 10.0. The molecule has 2 nitrogen and oxygen atoms in total. The molecule has 15 heavy (non-hydrogen) atoms. The van der Waals surface area contributed by atoms with E-state index in [1.165, 1.54) is 5.56 Å². The molecule has 1 aromatic carbocycles. The van der Waals surface area contributed by atoms with E-state index in [1.807, 2.05) is 30.5 Å². The van der Waals surface area contributed by atoms with Crippen LogP contribution in [0.15, 0.2) is 24.3 Å². The van der Waals surface area contributed by atoms with E-state index in [1.54, 1.807) is 11.8 Å². The van der Waals surface area contributed by atoms with Crippen LogP contribution in [0.3, 0.4) is 0 Å². The van der Waals surface area contributed by atoms with Crippen LogP contribution in [0.4, 0.5) is 0 Å². The molecule has 0 saturated heterocycles. The number of rotatable bonds is 5. The van der Waals surface area contributed by atoms with E-state index < -0.39 is 0 Å². The van der Waals surface area contributed by atoms with Gasteiger partial charge in [0, 0.05) is 23.2 Å². The number of carbonyl (C=O) groups excluding carboxylic acids is 1. The molecule has 82 valence electrons. The second-order valence-electron chi connectivity index (χ2n) is 3.08. The molecule has 0 aromatic heterocycles. The minimum atomic E-state index is 0.00479. The van der Waals surface area contributed by atoms with Crippen molar-refractivity contribution in [3.63, 3.8) is 0 Å². The molecule has 0 atom stereocenters. The van der Waals surface area contributed by atoms with Crippen LogP contribution >= 0.6 is 27.7 Å². The lowest BCUT2D eigenvalue weighted by Crippen LogP contribution is -2.25. The zero-order valence-corrected chi connectivity index (χ0v) is 11.0. The number of hydrogen-bond donors (Lipinski definition) is 1. The molecule has 0 aliphatic rings. The summed E-state index contributed by atoms with van der Waals surface area (Å²) >= 11 is 5.09. The Balaban J connectivity index is 2.50. The largest absolute Gasteiger partial charge is 0.351 e. The Kier molecular flexibility index (Phi) is 5.79. The van der Waals surface area contributed by atoms with E-state index in [-0.39, 0.29) is 5.91 Å². The van der Waals surface area contributed by atoms with Gasteiger partial charge in [0.15, 0.2) is 0 Å². The maximum Gasteiger partial charge on any atom is 0.251 e. The SMILES string of the molecule is CSCCNC(=O)c1ccc(CBr)cc1. The van der Waals surface area contributed by atoms with Crippen molar-refractivity contribution in [1.29, 1.82) is 0 Å². The maximum absolute atomic E-state index is 11.6. The highest BCUT2D eigenvalue weighted by Gasteiger charge is 2.03. The van der Waals surface area contributed by atoms with E-state index in [2.05, 4.69) is 21.2 Å². The molecule has 1 rings (SSSR count). The third-order valence-corrected chi connectivity index (χ3v) is 3.22. The summed E-state index contributed by atoms with van der Waals surface area (Å²) in [6.07, 6.45) is 2.02. The van der Waals surface area contributed by atoms with Gasteiger partial charge in [0.2, 0.25) is 0 Å². The summed E-state index contributed by atoms with van der Waals surface area (Å²) in [6, 6.07) is 7.62. The van der Waals surface area contributed by atoms with Gasteiger partial charge in [0.25, 0.3) is 5.91 Å². The Morgan fingerprint density at radius 1 is 1.40 bits per heavy atom. The molecule has 1 aromatic rings. The summed E-state index contributed by atoms with van der Waals surface area (Å²) in [5, 5.41) is 3.69. The van der Waals surface area contributed by atoms with Crippen molar-refractivity contribution in [3.05, 3.63) is 35.4 Å². The highest BCUT2D eigenvalue weighted by molar-refractivity contribution is 9.08. The molecule has 0 radical (unpaired) electrons. The van der Waals surface area contributed by atoms with Gasteiger partial charge < -0.3 is 5.32 Å². The summed E-state index contributed by atoms with van der Waals surface area (Å²) in [6.45, 7) is 0.722. The molecule has 0 spiro atoms. The molecule has 0 unspecified atom stereocenters. The number of nitrogens with one attached hydrogen (secondary N) is 1. The highest BCUT2D eigenvalue weighted by Crippen LogP contribution is 2.07. The smallest absolute Gasteiger partial charge is 0.251 e. The third-order valence-electron chi connectivity index (χ3n) is 1.96. The highest BCUT2D eigenvalue weighted by atomic mass is 79.9. The van der Waals surface area contributed by atoms with Gasteiger partial charge in [-0.3, -0.25) is 4.79 Å². The van der Waals surface area contributed by atoms with Crippen LogP contribution in [-0.4, -0.2) is 24.5 Å². The zero-order chi connectivity index (χ0) is 11.1. The van der Waals surface area contributed by atoms with Crippen molar-refractivity contribution in [2.45, 2.75) is 5.33 Å². The van der Waals surface area contributed by atoms with E-state index in [0.29, 0.717) is 0 Å². The predicted molar refractivity (Wildman–Crippen MR) is 69.8 cm³/mol. The lowest BCUT2D eigenvalue weighted by atomic mass is 10.1. The molecule has 1 amide bonds. The number of alkyl halides is 1. The minimum Gasteiger partial charge on any atom is -0.351 e. The van der Waals surface area contributed by atoms with Gasteiger partial charge in [-0.05, 0) is 24.0 Å². The first-order chi connectivity index (χ1) is 7.27. The van der Waals surface area contributed by atoms with Gasteiger partial charge in [-0.15, -0.1) is 0 Å². The average Bonchev–Trinajstić information content (AvgIpc) is 2.29. The molecular weight excluding hydrogens is 274 g/mol. The third kappa shape index (κ3) is 4.26. The van der Waals surface area contributed by atoms with Gasteiger partial charge in [0.1, 0.15) is 0 Å². The number of thioether (sulfide) groups is 1. The lowest BCUT2D eigenvalue weighted by Gasteiger charge is -2.04. The van der Waals surface area contributed by atoms with Gasteiger partial charge >= 0.3 is 0 Å². The number of hydrogen-bond acceptors (Lipinski definition) is 2. The minimum absolute atomic E-state index is 0.00479. The fourth-order valence-corrected chi connectivity index (χ4v) is 1.79. The zero-order valence-electron chi connectivity index (χ0n) is 8.63. The fourth-order valence-electron chi connectivity index (χ4n) is 1.11. The van der Waals surface area contributed by atoms with Crippen molar-refractivity contribution in [2.24, 2.45) is 0 Å². The van der Waals surface area contributed by atoms with Crippen molar-refractivity contribution in [1.82, 2.24) is 5.32 Å². The predicted octanol–water partition coefficient (Wildman–Crippen LogP) is 2.67. The van der Waals surface area contributed by atoms with Crippen molar-refractivity contribution < 1.29 is 4.79 Å². The number of halogens is 1. The second kappa shape index (κ2) is 6.90. The van der Waals surface area contributed by atoms with Crippen LogP contribution in [0.1, 0.15) is 15.9 Å². The molecule has 0 saturated carbocycles. The fraction of sp³-hybridized carbons (Fsp3) is 0.364. The molecule has 0 aliphatic heterocycles. The van der Waals surface area contributed by atoms with E-state index in [0.717, 1.165) is 23.2 Å².